The van der Waals surface area contributed by atoms with Gasteiger partial charge >= 0.3 is 0 Å². The van der Waals surface area contributed by atoms with Gasteiger partial charge in [0.15, 0.2) is 0 Å². The van der Waals surface area contributed by atoms with Crippen molar-refractivity contribution in [2.45, 2.75) is 13.5 Å². The molecule has 0 saturated carbocycles. The largest absolute Gasteiger partial charge is 0.369 e. The highest BCUT2D eigenvalue weighted by molar-refractivity contribution is 5.94. The van der Waals surface area contributed by atoms with E-state index < -0.39 is 0 Å². The summed E-state index contributed by atoms with van der Waals surface area (Å²) in [4.78, 5) is 19.3. The molecule has 1 fully saturated rings. The number of benzene rings is 2. The van der Waals surface area contributed by atoms with Crippen LogP contribution in [0.25, 0.3) is 0 Å². The number of anilines is 1. The molecule has 0 aromatic heterocycles. The number of nitrogens with zero attached hydrogens (tertiary/aromatic N) is 3. The van der Waals surface area contributed by atoms with Gasteiger partial charge < -0.3 is 14.7 Å². The van der Waals surface area contributed by atoms with Crippen molar-refractivity contribution in [1.29, 1.82) is 0 Å². The minimum Gasteiger partial charge on any atom is -0.369 e. The van der Waals surface area contributed by atoms with Crippen LogP contribution in [0, 0.1) is 18.2 Å². The molecule has 2 aromatic rings. The molecule has 1 aliphatic heterocycles. The van der Waals surface area contributed by atoms with E-state index in [9.17, 15) is 9.18 Å². The molecular weight excluding hydrogens is 353 g/mol. The van der Waals surface area contributed by atoms with Crippen LogP contribution >= 0.6 is 0 Å². The Bertz CT molecular complexity index is 818. The lowest BCUT2D eigenvalue weighted by atomic mass is 10.1. The number of carbonyl (C=O) groups is 1. The normalized spacial score (nSPS) is 14.5. The molecular formula is C23H26FN3O. The molecule has 0 bridgehead atoms. The first-order chi connectivity index (χ1) is 13.6. The molecule has 0 radical (unpaired) electrons. The van der Waals surface area contributed by atoms with Gasteiger partial charge in [0, 0.05) is 44.0 Å². The smallest absolute Gasteiger partial charge is 0.254 e. The van der Waals surface area contributed by atoms with Crippen molar-refractivity contribution in [2.24, 2.45) is 0 Å². The first-order valence-corrected chi connectivity index (χ1v) is 9.65. The standard InChI is InChI=1S/C23H26FN3O/c1-3-13-27(18-19-5-9-21(24)10-6-19)23(28)20-7-11-22(12-8-20)26-16-14-25(4-2)15-17-26/h1,5-12H,4,13-18H2,2H3. The summed E-state index contributed by atoms with van der Waals surface area (Å²) in [6.45, 7) is 7.94. The molecule has 4 nitrogen and oxygen atoms in total. The van der Waals surface area contributed by atoms with Crippen molar-refractivity contribution in [3.8, 4) is 12.3 Å². The fraction of sp³-hybridized carbons (Fsp3) is 0.348. The first kappa shape index (κ1) is 19.9. The highest BCUT2D eigenvalue weighted by atomic mass is 19.1. The van der Waals surface area contributed by atoms with Gasteiger partial charge in [-0.25, -0.2) is 4.39 Å². The third-order valence-electron chi connectivity index (χ3n) is 5.15. The lowest BCUT2D eigenvalue weighted by Gasteiger charge is -2.35. The van der Waals surface area contributed by atoms with E-state index >= 15 is 0 Å². The molecule has 5 heteroatoms. The number of likely N-dealkylation sites (N-methyl/N-ethyl adjacent to an activating group) is 1. The van der Waals surface area contributed by atoms with Crippen LogP contribution in [0.4, 0.5) is 10.1 Å². The van der Waals surface area contributed by atoms with Crippen LogP contribution in [0.1, 0.15) is 22.8 Å². The van der Waals surface area contributed by atoms with Gasteiger partial charge in [-0.2, -0.15) is 0 Å². The van der Waals surface area contributed by atoms with Crippen LogP contribution in [-0.2, 0) is 6.54 Å². The Morgan fingerprint density at radius 2 is 1.71 bits per heavy atom. The van der Waals surface area contributed by atoms with Crippen LogP contribution in [0.2, 0.25) is 0 Å². The fourth-order valence-electron chi connectivity index (χ4n) is 3.44. The predicted molar refractivity (Wildman–Crippen MR) is 111 cm³/mol. The fourth-order valence-corrected chi connectivity index (χ4v) is 3.44. The SMILES string of the molecule is C#CCN(Cc1ccc(F)cc1)C(=O)c1ccc(N2CCN(CC)CC2)cc1. The quantitative estimate of drug-likeness (QED) is 0.721. The van der Waals surface area contributed by atoms with Gasteiger partial charge in [0.2, 0.25) is 0 Å². The maximum atomic E-state index is 13.1. The second kappa shape index (κ2) is 9.38. The topological polar surface area (TPSA) is 26.8 Å². The summed E-state index contributed by atoms with van der Waals surface area (Å²) in [5, 5.41) is 0. The number of rotatable bonds is 6. The Balaban J connectivity index is 1.67. The van der Waals surface area contributed by atoms with Gasteiger partial charge in [-0.15, -0.1) is 6.42 Å². The third kappa shape index (κ3) is 4.90. The van der Waals surface area contributed by atoms with E-state index in [-0.39, 0.29) is 18.3 Å². The number of carbonyl (C=O) groups excluding carboxylic acids is 1. The van der Waals surface area contributed by atoms with Gasteiger partial charge in [0.25, 0.3) is 5.91 Å². The van der Waals surface area contributed by atoms with Gasteiger partial charge in [0.1, 0.15) is 5.82 Å². The Labute approximate surface area is 166 Å². The summed E-state index contributed by atoms with van der Waals surface area (Å²) >= 11 is 0. The van der Waals surface area contributed by atoms with Crippen molar-refractivity contribution in [2.75, 3.05) is 44.2 Å². The molecule has 1 heterocycles. The number of amides is 1. The number of hydrogen-bond acceptors (Lipinski definition) is 3. The monoisotopic (exact) mass is 379 g/mol. The summed E-state index contributed by atoms with van der Waals surface area (Å²) < 4.78 is 13.1. The van der Waals surface area contributed by atoms with Gasteiger partial charge in [0.05, 0.1) is 6.54 Å². The van der Waals surface area contributed by atoms with E-state index in [2.05, 4.69) is 22.6 Å². The zero-order valence-corrected chi connectivity index (χ0v) is 16.3. The van der Waals surface area contributed by atoms with Crippen molar-refractivity contribution >= 4 is 11.6 Å². The first-order valence-electron chi connectivity index (χ1n) is 9.65. The number of terminal acetylenes is 1. The van der Waals surface area contributed by atoms with Crippen LogP contribution in [-0.4, -0.2) is 55.0 Å². The van der Waals surface area contributed by atoms with Crippen LogP contribution in [0.15, 0.2) is 48.5 Å². The Morgan fingerprint density at radius 1 is 1.07 bits per heavy atom. The van der Waals surface area contributed by atoms with E-state index in [1.807, 2.05) is 24.3 Å². The van der Waals surface area contributed by atoms with Gasteiger partial charge in [-0.3, -0.25) is 4.79 Å². The van der Waals surface area contributed by atoms with Gasteiger partial charge in [-0.05, 0) is 48.5 Å². The van der Waals surface area contributed by atoms with Crippen LogP contribution in [0.3, 0.4) is 0 Å². The second-order valence-corrected chi connectivity index (χ2v) is 6.96. The average Bonchev–Trinajstić information content (AvgIpc) is 2.74. The average molecular weight is 379 g/mol. The van der Waals surface area contributed by atoms with Crippen molar-refractivity contribution in [3.63, 3.8) is 0 Å². The number of hydrogen-bond donors (Lipinski definition) is 0. The summed E-state index contributed by atoms with van der Waals surface area (Å²) in [5.41, 5.74) is 2.58. The summed E-state index contributed by atoms with van der Waals surface area (Å²) in [6.07, 6.45) is 5.45. The molecule has 146 valence electrons. The number of halogens is 1. The Kier molecular flexibility index (Phi) is 6.67. The molecule has 2 aromatic carbocycles. The zero-order valence-electron chi connectivity index (χ0n) is 16.3. The molecule has 1 saturated heterocycles. The second-order valence-electron chi connectivity index (χ2n) is 6.96. The van der Waals surface area contributed by atoms with E-state index in [1.165, 1.54) is 12.1 Å². The Hall–Kier alpha value is -2.84. The Morgan fingerprint density at radius 3 is 2.29 bits per heavy atom. The third-order valence-corrected chi connectivity index (χ3v) is 5.15. The molecule has 1 amide bonds. The highest BCUT2D eigenvalue weighted by Crippen LogP contribution is 2.19. The molecule has 0 aliphatic carbocycles. The summed E-state index contributed by atoms with van der Waals surface area (Å²) in [7, 11) is 0. The van der Waals surface area contributed by atoms with Crippen LogP contribution < -0.4 is 4.90 Å². The predicted octanol–water partition coefficient (Wildman–Crippen LogP) is 3.24. The molecule has 28 heavy (non-hydrogen) atoms. The maximum absolute atomic E-state index is 13.1. The van der Waals surface area contributed by atoms with E-state index in [4.69, 9.17) is 6.42 Å². The minimum atomic E-state index is -0.297. The molecule has 3 rings (SSSR count). The van der Waals surface area contributed by atoms with Crippen molar-refractivity contribution in [3.05, 3.63) is 65.5 Å². The highest BCUT2D eigenvalue weighted by Gasteiger charge is 2.18. The lowest BCUT2D eigenvalue weighted by Crippen LogP contribution is -2.46. The summed E-state index contributed by atoms with van der Waals surface area (Å²) in [5.74, 6) is 2.12. The van der Waals surface area contributed by atoms with Crippen molar-refractivity contribution in [1.82, 2.24) is 9.80 Å². The molecule has 0 N–H and O–H groups in total. The molecule has 0 unspecified atom stereocenters. The minimum absolute atomic E-state index is 0.121. The van der Waals surface area contributed by atoms with Crippen molar-refractivity contribution < 1.29 is 9.18 Å². The summed E-state index contributed by atoms with van der Waals surface area (Å²) in [6, 6.07) is 13.8. The zero-order chi connectivity index (χ0) is 19.9. The van der Waals surface area contributed by atoms with Crippen LogP contribution in [0.5, 0.6) is 0 Å². The van der Waals surface area contributed by atoms with E-state index in [0.29, 0.717) is 12.1 Å². The number of piperazine rings is 1. The van der Waals surface area contributed by atoms with Gasteiger partial charge in [-0.1, -0.05) is 25.0 Å². The molecule has 0 atom stereocenters. The molecule has 0 spiro atoms. The lowest BCUT2D eigenvalue weighted by molar-refractivity contribution is 0.0766. The van der Waals surface area contributed by atoms with E-state index in [1.54, 1.807) is 17.0 Å². The maximum Gasteiger partial charge on any atom is 0.254 e. The molecule has 1 aliphatic rings. The van der Waals surface area contributed by atoms with E-state index in [0.717, 1.165) is 44.0 Å².